The molecule has 2 N–H and O–H groups in total. The Morgan fingerprint density at radius 3 is 2.58 bits per heavy atom. The molecule has 0 saturated carbocycles. The van der Waals surface area contributed by atoms with Crippen LogP contribution in [0.25, 0.3) is 28.0 Å². The van der Waals surface area contributed by atoms with Gasteiger partial charge in [0, 0.05) is 18.7 Å². The van der Waals surface area contributed by atoms with Crippen molar-refractivity contribution in [2.75, 3.05) is 30.3 Å². The van der Waals surface area contributed by atoms with Crippen LogP contribution in [0.15, 0.2) is 42.5 Å². The molecular formula is C25H23Cl2FN6O2. The highest BCUT2D eigenvalue weighted by Crippen LogP contribution is 2.36. The van der Waals surface area contributed by atoms with Crippen LogP contribution < -0.4 is 10.6 Å². The van der Waals surface area contributed by atoms with Crippen LogP contribution in [-0.4, -0.2) is 45.4 Å². The summed E-state index contributed by atoms with van der Waals surface area (Å²) in [7, 11) is 0. The Bertz CT molecular complexity index is 1450. The number of hydrogen-bond donors (Lipinski definition) is 1. The summed E-state index contributed by atoms with van der Waals surface area (Å²) in [4.78, 5) is 23.5. The molecule has 3 heterocycles. The van der Waals surface area contributed by atoms with Gasteiger partial charge in [-0.1, -0.05) is 35.3 Å². The van der Waals surface area contributed by atoms with Gasteiger partial charge in [0.05, 0.1) is 39.3 Å². The summed E-state index contributed by atoms with van der Waals surface area (Å²) < 4.78 is 21.6. The normalized spacial score (nSPS) is 14.4. The lowest BCUT2D eigenvalue weighted by Crippen LogP contribution is -2.38. The van der Waals surface area contributed by atoms with E-state index >= 15 is 0 Å². The van der Waals surface area contributed by atoms with Gasteiger partial charge in [0.1, 0.15) is 11.6 Å². The number of aromatic nitrogens is 4. The number of ether oxygens (including phenoxy) is 1. The van der Waals surface area contributed by atoms with E-state index < -0.39 is 5.82 Å². The zero-order valence-electron chi connectivity index (χ0n) is 19.4. The van der Waals surface area contributed by atoms with Crippen LogP contribution in [0.4, 0.5) is 16.2 Å². The standard InChI is InChI=1S/C25H23Cl2FN6O2/c1-2-36-24(35)14-9-11-33(12-10-14)25-30-21(16-5-3-4-6-19(16)28)20-22(29)34(32-23(20)31-25)15-7-8-17(26)18(27)13-15/h3-8,13-14H,2,9-12,29H2,1H3. The summed E-state index contributed by atoms with van der Waals surface area (Å²) in [6.45, 7) is 3.25. The third-order valence-electron chi connectivity index (χ3n) is 6.23. The molecule has 1 aliphatic rings. The van der Waals surface area contributed by atoms with Crippen molar-refractivity contribution in [3.05, 3.63) is 58.3 Å². The van der Waals surface area contributed by atoms with Gasteiger partial charge in [-0.05, 0) is 50.1 Å². The molecule has 0 atom stereocenters. The van der Waals surface area contributed by atoms with Crippen LogP contribution in [0.1, 0.15) is 19.8 Å². The summed E-state index contributed by atoms with van der Waals surface area (Å²) in [5.41, 5.74) is 8.03. The highest BCUT2D eigenvalue weighted by molar-refractivity contribution is 6.42. The zero-order chi connectivity index (χ0) is 25.4. The summed E-state index contributed by atoms with van der Waals surface area (Å²) in [6, 6.07) is 11.4. The van der Waals surface area contributed by atoms with Gasteiger partial charge in [-0.3, -0.25) is 4.79 Å². The van der Waals surface area contributed by atoms with Gasteiger partial charge >= 0.3 is 5.97 Å². The Hall–Kier alpha value is -3.43. The number of piperidine rings is 1. The summed E-state index contributed by atoms with van der Waals surface area (Å²) >= 11 is 12.3. The second-order valence-corrected chi connectivity index (χ2v) is 9.27. The van der Waals surface area contributed by atoms with E-state index in [1.165, 1.54) is 10.7 Å². The highest BCUT2D eigenvalue weighted by Gasteiger charge is 2.29. The number of carbonyl (C=O) groups is 1. The van der Waals surface area contributed by atoms with E-state index in [1.54, 1.807) is 43.3 Å². The minimum atomic E-state index is -0.439. The molecule has 2 aromatic carbocycles. The quantitative estimate of drug-likeness (QED) is 0.351. The van der Waals surface area contributed by atoms with Crippen molar-refractivity contribution in [2.24, 2.45) is 5.92 Å². The zero-order valence-corrected chi connectivity index (χ0v) is 20.9. The number of rotatable bonds is 5. The molecule has 5 rings (SSSR count). The fourth-order valence-electron chi connectivity index (χ4n) is 4.38. The molecule has 4 aromatic rings. The smallest absolute Gasteiger partial charge is 0.309 e. The maximum Gasteiger partial charge on any atom is 0.309 e. The van der Waals surface area contributed by atoms with Crippen LogP contribution >= 0.6 is 23.2 Å². The number of halogens is 3. The molecule has 186 valence electrons. The number of benzene rings is 2. The van der Waals surface area contributed by atoms with Crippen LogP contribution in [0.5, 0.6) is 0 Å². The van der Waals surface area contributed by atoms with E-state index in [1.807, 2.05) is 4.90 Å². The third-order valence-corrected chi connectivity index (χ3v) is 6.97. The van der Waals surface area contributed by atoms with E-state index in [4.69, 9.17) is 38.7 Å². The molecule has 0 bridgehead atoms. The molecule has 0 aliphatic carbocycles. The fraction of sp³-hybridized carbons (Fsp3) is 0.280. The average Bonchev–Trinajstić information content (AvgIpc) is 3.22. The Morgan fingerprint density at radius 2 is 1.89 bits per heavy atom. The largest absolute Gasteiger partial charge is 0.466 e. The lowest BCUT2D eigenvalue weighted by atomic mass is 9.97. The second-order valence-electron chi connectivity index (χ2n) is 8.46. The van der Waals surface area contributed by atoms with Gasteiger partial charge < -0.3 is 15.4 Å². The number of nitrogen functional groups attached to an aromatic ring is 1. The molecule has 8 nitrogen and oxygen atoms in total. The first kappa shape index (κ1) is 24.3. The van der Waals surface area contributed by atoms with Crippen LogP contribution in [0, 0.1) is 11.7 Å². The van der Waals surface area contributed by atoms with Crippen molar-refractivity contribution in [1.82, 2.24) is 19.7 Å². The first-order chi connectivity index (χ1) is 17.4. The van der Waals surface area contributed by atoms with E-state index in [2.05, 4.69) is 10.1 Å². The molecule has 0 amide bonds. The van der Waals surface area contributed by atoms with Crippen LogP contribution in [0.2, 0.25) is 10.0 Å². The molecule has 1 aliphatic heterocycles. The number of fused-ring (bicyclic) bond motifs is 1. The number of esters is 1. The van der Waals surface area contributed by atoms with Gasteiger partial charge in [0.2, 0.25) is 5.95 Å². The number of nitrogens with two attached hydrogens (primary N) is 1. The first-order valence-electron chi connectivity index (χ1n) is 11.6. The van der Waals surface area contributed by atoms with E-state index in [0.717, 1.165) is 0 Å². The number of anilines is 2. The molecule has 0 spiro atoms. The number of hydrogen-bond acceptors (Lipinski definition) is 7. The maximum absolute atomic E-state index is 14.9. The summed E-state index contributed by atoms with van der Waals surface area (Å²) in [5, 5.41) is 5.78. The van der Waals surface area contributed by atoms with E-state index in [-0.39, 0.29) is 23.3 Å². The predicted octanol–water partition coefficient (Wildman–Crippen LogP) is 5.29. The maximum atomic E-state index is 14.9. The lowest BCUT2D eigenvalue weighted by molar-refractivity contribution is -0.148. The van der Waals surface area contributed by atoms with Crippen LogP contribution in [0.3, 0.4) is 0 Å². The molecular weight excluding hydrogens is 506 g/mol. The van der Waals surface area contributed by atoms with Crippen molar-refractivity contribution in [2.45, 2.75) is 19.8 Å². The molecule has 1 fully saturated rings. The predicted molar refractivity (Wildman–Crippen MR) is 138 cm³/mol. The minimum absolute atomic E-state index is 0.166. The molecule has 2 aromatic heterocycles. The molecule has 36 heavy (non-hydrogen) atoms. The monoisotopic (exact) mass is 528 g/mol. The first-order valence-corrected chi connectivity index (χ1v) is 12.3. The Morgan fingerprint density at radius 1 is 1.14 bits per heavy atom. The van der Waals surface area contributed by atoms with Crippen molar-refractivity contribution >= 4 is 52.0 Å². The summed E-state index contributed by atoms with van der Waals surface area (Å²) in [6.07, 6.45) is 1.21. The van der Waals surface area contributed by atoms with Crippen molar-refractivity contribution < 1.29 is 13.9 Å². The van der Waals surface area contributed by atoms with Gasteiger partial charge in [-0.2, -0.15) is 4.98 Å². The number of nitrogens with zero attached hydrogens (tertiary/aromatic N) is 5. The van der Waals surface area contributed by atoms with E-state index in [0.29, 0.717) is 70.9 Å². The Balaban J connectivity index is 1.61. The molecule has 0 unspecified atom stereocenters. The Kier molecular flexibility index (Phi) is 6.68. The van der Waals surface area contributed by atoms with Gasteiger partial charge in [-0.15, -0.1) is 5.10 Å². The van der Waals surface area contributed by atoms with Crippen LogP contribution in [-0.2, 0) is 9.53 Å². The summed E-state index contributed by atoms with van der Waals surface area (Å²) in [5.74, 6) is -0.156. The molecule has 11 heteroatoms. The van der Waals surface area contributed by atoms with Gasteiger partial charge in [0.15, 0.2) is 5.65 Å². The number of carbonyl (C=O) groups excluding carboxylic acids is 1. The third kappa shape index (κ3) is 4.44. The van der Waals surface area contributed by atoms with Crippen molar-refractivity contribution in [3.8, 4) is 16.9 Å². The highest BCUT2D eigenvalue weighted by atomic mass is 35.5. The second kappa shape index (κ2) is 9.91. The Labute approximate surface area is 216 Å². The topological polar surface area (TPSA) is 99.2 Å². The molecule has 1 saturated heterocycles. The van der Waals surface area contributed by atoms with Crippen molar-refractivity contribution in [1.29, 1.82) is 0 Å². The van der Waals surface area contributed by atoms with Gasteiger partial charge in [-0.25, -0.2) is 14.1 Å². The van der Waals surface area contributed by atoms with Crippen molar-refractivity contribution in [3.63, 3.8) is 0 Å². The fourth-order valence-corrected chi connectivity index (χ4v) is 4.67. The SMILES string of the molecule is CCOC(=O)C1CCN(c2nc(-c3ccccc3F)c3c(N)n(-c4ccc(Cl)c(Cl)c4)nc3n2)CC1. The lowest BCUT2D eigenvalue weighted by Gasteiger charge is -2.31. The molecule has 0 radical (unpaired) electrons. The average molecular weight is 529 g/mol. The van der Waals surface area contributed by atoms with Gasteiger partial charge in [0.25, 0.3) is 0 Å². The van der Waals surface area contributed by atoms with E-state index in [9.17, 15) is 9.18 Å². The minimum Gasteiger partial charge on any atom is -0.466 e.